The Morgan fingerprint density at radius 2 is 1.70 bits per heavy atom. The molecule has 116 valence electrons. The van der Waals surface area contributed by atoms with Gasteiger partial charge in [0.2, 0.25) is 0 Å². The molecular weight excluding hydrogens is 264 g/mol. The van der Waals surface area contributed by atoms with Crippen molar-refractivity contribution in [3.63, 3.8) is 0 Å². The normalized spacial score (nSPS) is 11.1. The third kappa shape index (κ3) is 8.23. The lowest BCUT2D eigenvalue weighted by molar-refractivity contribution is -0.00183. The van der Waals surface area contributed by atoms with Crippen molar-refractivity contribution in [2.24, 2.45) is 0 Å². The summed E-state index contributed by atoms with van der Waals surface area (Å²) in [7, 11) is 3.51. The zero-order valence-corrected chi connectivity index (χ0v) is 12.2. The maximum atomic E-state index is 5.42. The van der Waals surface area contributed by atoms with Crippen LogP contribution in [0.1, 0.15) is 11.5 Å². The van der Waals surface area contributed by atoms with Gasteiger partial charge in [0, 0.05) is 19.7 Å². The Balaban J connectivity index is 1.89. The number of nitrogens with zero attached hydrogens (tertiary/aromatic N) is 1. The van der Waals surface area contributed by atoms with Crippen molar-refractivity contribution in [3.05, 3.63) is 17.5 Å². The lowest BCUT2D eigenvalue weighted by Gasteiger charge is -2.05. The number of methoxy groups -OCH3 is 1. The average Bonchev–Trinajstić information content (AvgIpc) is 2.89. The van der Waals surface area contributed by atoms with Crippen LogP contribution >= 0.6 is 0 Å². The van der Waals surface area contributed by atoms with Crippen molar-refractivity contribution in [3.8, 4) is 0 Å². The van der Waals surface area contributed by atoms with Gasteiger partial charge in [-0.25, -0.2) is 0 Å². The summed E-state index contributed by atoms with van der Waals surface area (Å²) in [5.74, 6) is 0.721. The minimum atomic E-state index is 0.407. The van der Waals surface area contributed by atoms with Gasteiger partial charge >= 0.3 is 0 Å². The molecule has 0 aliphatic heterocycles. The summed E-state index contributed by atoms with van der Waals surface area (Å²) >= 11 is 0. The van der Waals surface area contributed by atoms with Gasteiger partial charge in [-0.1, -0.05) is 5.16 Å². The third-order valence-corrected chi connectivity index (χ3v) is 2.39. The number of aromatic nitrogens is 1. The van der Waals surface area contributed by atoms with Crippen molar-refractivity contribution in [2.45, 2.75) is 13.2 Å². The molecule has 1 aromatic heterocycles. The fourth-order valence-corrected chi connectivity index (χ4v) is 1.44. The molecule has 1 rings (SSSR count). The van der Waals surface area contributed by atoms with Gasteiger partial charge in [-0.3, -0.25) is 0 Å². The first-order valence-corrected chi connectivity index (χ1v) is 6.68. The SMILES string of the molecule is CNCc1cc(COCCOCCOCCOC)on1. The molecule has 0 unspecified atom stereocenters. The molecule has 0 saturated carbocycles. The molecule has 0 spiro atoms. The van der Waals surface area contributed by atoms with Gasteiger partial charge in [0.05, 0.1) is 45.3 Å². The van der Waals surface area contributed by atoms with Crippen molar-refractivity contribution in [1.82, 2.24) is 10.5 Å². The van der Waals surface area contributed by atoms with E-state index in [9.17, 15) is 0 Å². The highest BCUT2D eigenvalue weighted by Gasteiger charge is 2.03. The molecule has 0 saturated heterocycles. The van der Waals surface area contributed by atoms with Crippen LogP contribution in [0.15, 0.2) is 10.6 Å². The molecule has 0 aliphatic carbocycles. The Kier molecular flexibility index (Phi) is 10.1. The molecule has 0 aliphatic rings. The second-order valence-electron chi connectivity index (χ2n) is 4.09. The van der Waals surface area contributed by atoms with E-state index in [1.807, 2.05) is 13.1 Å². The van der Waals surface area contributed by atoms with Gasteiger partial charge < -0.3 is 28.8 Å². The summed E-state index contributed by atoms with van der Waals surface area (Å²) in [5, 5.41) is 6.90. The average molecular weight is 288 g/mol. The van der Waals surface area contributed by atoms with E-state index in [0.717, 1.165) is 11.5 Å². The van der Waals surface area contributed by atoms with Crippen molar-refractivity contribution >= 4 is 0 Å². The Hall–Kier alpha value is -0.990. The highest BCUT2D eigenvalue weighted by atomic mass is 16.6. The summed E-state index contributed by atoms with van der Waals surface area (Å²) in [6.07, 6.45) is 0. The van der Waals surface area contributed by atoms with Gasteiger partial charge in [0.15, 0.2) is 5.76 Å². The molecule has 1 N–H and O–H groups in total. The van der Waals surface area contributed by atoms with Crippen LogP contribution in [0.25, 0.3) is 0 Å². The molecular formula is C13H24N2O5. The number of rotatable bonds is 13. The zero-order valence-electron chi connectivity index (χ0n) is 12.2. The molecule has 20 heavy (non-hydrogen) atoms. The molecule has 7 heteroatoms. The van der Waals surface area contributed by atoms with Crippen LogP contribution in [-0.2, 0) is 32.1 Å². The molecule has 1 aromatic rings. The molecule has 7 nitrogen and oxygen atoms in total. The number of nitrogens with one attached hydrogen (secondary N) is 1. The minimum absolute atomic E-state index is 0.407. The van der Waals surface area contributed by atoms with E-state index in [-0.39, 0.29) is 0 Å². The summed E-state index contributed by atoms with van der Waals surface area (Å²) in [6.45, 7) is 4.47. The second kappa shape index (κ2) is 11.8. The highest BCUT2D eigenvalue weighted by Crippen LogP contribution is 2.04. The van der Waals surface area contributed by atoms with Gasteiger partial charge in [-0.2, -0.15) is 0 Å². The van der Waals surface area contributed by atoms with E-state index in [0.29, 0.717) is 52.8 Å². The van der Waals surface area contributed by atoms with Crippen LogP contribution in [0.3, 0.4) is 0 Å². The van der Waals surface area contributed by atoms with E-state index in [1.165, 1.54) is 0 Å². The summed E-state index contributed by atoms with van der Waals surface area (Å²) in [6, 6.07) is 1.88. The van der Waals surface area contributed by atoms with Gasteiger partial charge in [0.25, 0.3) is 0 Å². The maximum Gasteiger partial charge on any atom is 0.162 e. The lowest BCUT2D eigenvalue weighted by Crippen LogP contribution is -2.11. The molecule has 1 heterocycles. The number of ether oxygens (including phenoxy) is 4. The van der Waals surface area contributed by atoms with E-state index in [4.69, 9.17) is 23.5 Å². The van der Waals surface area contributed by atoms with Crippen LogP contribution in [-0.4, -0.2) is 59.0 Å². The predicted molar refractivity (Wildman–Crippen MR) is 72.4 cm³/mol. The largest absolute Gasteiger partial charge is 0.382 e. The second-order valence-corrected chi connectivity index (χ2v) is 4.09. The molecule has 0 aromatic carbocycles. The molecule has 0 bridgehead atoms. The molecule has 0 amide bonds. The fraction of sp³-hybridized carbons (Fsp3) is 0.769. The zero-order chi connectivity index (χ0) is 14.5. The minimum Gasteiger partial charge on any atom is -0.382 e. The van der Waals surface area contributed by atoms with E-state index in [1.54, 1.807) is 7.11 Å². The number of hydrogen-bond donors (Lipinski definition) is 1. The first-order chi connectivity index (χ1) is 9.86. The summed E-state index contributed by atoms with van der Waals surface area (Å²) in [4.78, 5) is 0. The van der Waals surface area contributed by atoms with Gasteiger partial charge in [-0.05, 0) is 7.05 Å². The predicted octanol–water partition coefficient (Wildman–Crippen LogP) is 0.590. The molecule has 0 atom stereocenters. The molecule has 0 radical (unpaired) electrons. The maximum absolute atomic E-state index is 5.42. The summed E-state index contributed by atoms with van der Waals surface area (Å²) < 4.78 is 26.0. The van der Waals surface area contributed by atoms with Crippen molar-refractivity contribution in [1.29, 1.82) is 0 Å². The van der Waals surface area contributed by atoms with Crippen LogP contribution in [0.2, 0.25) is 0 Å². The smallest absolute Gasteiger partial charge is 0.162 e. The quantitative estimate of drug-likeness (QED) is 0.532. The van der Waals surface area contributed by atoms with Crippen LogP contribution in [0, 0.1) is 0 Å². The fourth-order valence-electron chi connectivity index (χ4n) is 1.44. The first kappa shape index (κ1) is 17.1. The van der Waals surface area contributed by atoms with Crippen LogP contribution in [0.5, 0.6) is 0 Å². The Morgan fingerprint density at radius 1 is 1.05 bits per heavy atom. The van der Waals surface area contributed by atoms with Gasteiger partial charge in [0.1, 0.15) is 6.61 Å². The highest BCUT2D eigenvalue weighted by molar-refractivity contribution is 5.03. The monoisotopic (exact) mass is 288 g/mol. The summed E-state index contributed by atoms with van der Waals surface area (Å²) in [5.41, 5.74) is 0.871. The Bertz CT molecular complexity index is 332. The van der Waals surface area contributed by atoms with Crippen LogP contribution in [0.4, 0.5) is 0 Å². The lowest BCUT2D eigenvalue weighted by atomic mass is 10.4. The first-order valence-electron chi connectivity index (χ1n) is 6.68. The van der Waals surface area contributed by atoms with Gasteiger partial charge in [-0.15, -0.1) is 0 Å². The standard InChI is InChI=1S/C13H24N2O5/c1-14-10-12-9-13(20-15-12)11-19-8-7-18-6-5-17-4-3-16-2/h9,14H,3-8,10-11H2,1-2H3. The van der Waals surface area contributed by atoms with E-state index in [2.05, 4.69) is 10.5 Å². The van der Waals surface area contributed by atoms with E-state index < -0.39 is 0 Å². The third-order valence-electron chi connectivity index (χ3n) is 2.39. The van der Waals surface area contributed by atoms with Crippen molar-refractivity contribution in [2.75, 3.05) is 53.8 Å². The topological polar surface area (TPSA) is 75.0 Å². The Morgan fingerprint density at radius 3 is 2.35 bits per heavy atom. The molecule has 0 fully saturated rings. The Labute approximate surface area is 119 Å². The van der Waals surface area contributed by atoms with Crippen molar-refractivity contribution < 1.29 is 23.5 Å². The van der Waals surface area contributed by atoms with E-state index >= 15 is 0 Å². The van der Waals surface area contributed by atoms with Crippen LogP contribution < -0.4 is 5.32 Å². The number of hydrogen-bond acceptors (Lipinski definition) is 7.